The Balaban J connectivity index is 1.29. The van der Waals surface area contributed by atoms with Gasteiger partial charge in [0.1, 0.15) is 42.1 Å². The van der Waals surface area contributed by atoms with Gasteiger partial charge < -0.3 is 30.0 Å². The Labute approximate surface area is 257 Å². The van der Waals surface area contributed by atoms with Crippen LogP contribution in [0.3, 0.4) is 0 Å². The second-order valence-electron chi connectivity index (χ2n) is 10.8. The Morgan fingerprint density at radius 2 is 1.71 bits per heavy atom. The molecule has 0 saturated heterocycles. The minimum atomic E-state index is -4.45. The number of hydrogen-bond donors (Lipinski definition) is 3. The zero-order chi connectivity index (χ0) is 32.0. The molecule has 3 N–H and O–H groups in total. The lowest BCUT2D eigenvalue weighted by Crippen LogP contribution is -2.51. The van der Waals surface area contributed by atoms with E-state index in [1.54, 1.807) is 36.4 Å². The van der Waals surface area contributed by atoms with E-state index in [0.29, 0.717) is 34.2 Å². The highest BCUT2D eigenvalue weighted by Crippen LogP contribution is 2.31. The number of ether oxygens (including phenoxy) is 1. The minimum absolute atomic E-state index is 0.137. The van der Waals surface area contributed by atoms with Gasteiger partial charge >= 0.3 is 6.18 Å². The first-order valence-corrected chi connectivity index (χ1v) is 14.4. The van der Waals surface area contributed by atoms with Crippen LogP contribution in [0.25, 0.3) is 10.9 Å². The van der Waals surface area contributed by atoms with Crippen molar-refractivity contribution in [3.05, 3.63) is 89.6 Å². The molecule has 0 bridgehead atoms. The van der Waals surface area contributed by atoms with Crippen LogP contribution in [0.2, 0.25) is 0 Å². The Morgan fingerprint density at radius 3 is 2.33 bits per heavy atom. The van der Waals surface area contributed by atoms with Crippen LogP contribution in [-0.2, 0) is 15.8 Å². The molecule has 1 fully saturated rings. The van der Waals surface area contributed by atoms with Crippen LogP contribution in [0, 0.1) is 11.3 Å². The molecule has 232 valence electrons. The number of para-hydroxylation sites is 1. The van der Waals surface area contributed by atoms with Crippen molar-refractivity contribution in [3.8, 4) is 17.6 Å². The van der Waals surface area contributed by atoms with Gasteiger partial charge in [0.25, 0.3) is 5.91 Å². The number of benzene rings is 3. The van der Waals surface area contributed by atoms with Gasteiger partial charge in [-0.3, -0.25) is 9.59 Å². The van der Waals surface area contributed by atoms with Crippen molar-refractivity contribution in [2.75, 3.05) is 18.4 Å². The number of amides is 2. The number of aromatic nitrogens is 1. The van der Waals surface area contributed by atoms with Crippen LogP contribution in [0.1, 0.15) is 47.3 Å². The maximum absolute atomic E-state index is 13.8. The third-order valence-corrected chi connectivity index (χ3v) is 7.67. The lowest BCUT2D eigenvalue weighted by molar-refractivity contribution is -0.137. The van der Waals surface area contributed by atoms with E-state index in [2.05, 4.69) is 21.7 Å². The van der Waals surface area contributed by atoms with Gasteiger partial charge in [-0.15, -0.1) is 0 Å². The number of aldehydes is 1. The number of carbonyl (C=O) groups excluding carboxylic acids is 3. The number of nitrogens with zero attached hydrogens (tertiary/aromatic N) is 2. The summed E-state index contributed by atoms with van der Waals surface area (Å²) in [5.41, 5.74) is 0.568. The lowest BCUT2D eigenvalue weighted by atomic mass is 10.1. The molecule has 5 rings (SSSR count). The summed E-state index contributed by atoms with van der Waals surface area (Å²) in [6.07, 6.45) is 0.296. The zero-order valence-corrected chi connectivity index (χ0v) is 24.1. The maximum atomic E-state index is 13.8. The monoisotopic (exact) mass is 617 g/mol. The number of rotatable bonds is 11. The molecule has 3 aromatic carbocycles. The molecule has 1 aromatic heterocycles. The molecule has 4 aromatic rings. The van der Waals surface area contributed by atoms with Gasteiger partial charge in [-0.25, -0.2) is 0 Å². The molecule has 45 heavy (non-hydrogen) atoms. The summed E-state index contributed by atoms with van der Waals surface area (Å²) in [7, 11) is 0. The average molecular weight is 618 g/mol. The highest BCUT2D eigenvalue weighted by atomic mass is 19.4. The van der Waals surface area contributed by atoms with Crippen molar-refractivity contribution in [1.82, 2.24) is 15.2 Å². The molecule has 1 aliphatic rings. The van der Waals surface area contributed by atoms with E-state index >= 15 is 0 Å². The highest BCUT2D eigenvalue weighted by molar-refractivity contribution is 6.03. The molecule has 12 heteroatoms. The number of nitriles is 1. The summed E-state index contributed by atoms with van der Waals surface area (Å²) in [5, 5.41) is 16.2. The molecular formula is C33H30F3N5O4. The molecule has 0 spiro atoms. The van der Waals surface area contributed by atoms with Gasteiger partial charge in [-0.2, -0.15) is 18.4 Å². The fourth-order valence-electron chi connectivity index (χ4n) is 5.32. The molecule has 9 nitrogen and oxygen atoms in total. The number of hydrogen-bond acceptors (Lipinski definition) is 6. The Kier molecular flexibility index (Phi) is 9.49. The van der Waals surface area contributed by atoms with Crippen LogP contribution in [0.15, 0.2) is 72.8 Å². The smallest absolute Gasteiger partial charge is 0.416 e. The quantitative estimate of drug-likeness (QED) is 0.176. The Hall–Kier alpha value is -5.15. The fourth-order valence-corrected chi connectivity index (χ4v) is 5.32. The van der Waals surface area contributed by atoms with Crippen molar-refractivity contribution >= 4 is 34.7 Å². The van der Waals surface area contributed by atoms with Crippen molar-refractivity contribution in [1.29, 1.82) is 5.26 Å². The normalized spacial score (nSPS) is 14.1. The third kappa shape index (κ3) is 7.69. The van der Waals surface area contributed by atoms with E-state index in [1.165, 1.54) is 29.2 Å². The van der Waals surface area contributed by atoms with Gasteiger partial charge in [0, 0.05) is 23.7 Å². The largest absolute Gasteiger partial charge is 0.457 e. The van der Waals surface area contributed by atoms with Crippen molar-refractivity contribution in [2.24, 2.45) is 0 Å². The molecule has 1 aliphatic carbocycles. The van der Waals surface area contributed by atoms with Crippen LogP contribution in [0.4, 0.5) is 18.9 Å². The molecule has 0 radical (unpaired) electrons. The summed E-state index contributed by atoms with van der Waals surface area (Å²) in [5.74, 6) is -0.588. The summed E-state index contributed by atoms with van der Waals surface area (Å²) < 4.78 is 44.0. The van der Waals surface area contributed by atoms with Gasteiger partial charge in [-0.1, -0.05) is 25.0 Å². The van der Waals surface area contributed by atoms with Crippen molar-refractivity contribution in [3.63, 3.8) is 0 Å². The second kappa shape index (κ2) is 13.7. The van der Waals surface area contributed by atoms with E-state index < -0.39 is 36.1 Å². The first-order chi connectivity index (χ1) is 21.6. The van der Waals surface area contributed by atoms with E-state index in [1.807, 2.05) is 0 Å². The van der Waals surface area contributed by atoms with Crippen molar-refractivity contribution in [2.45, 2.75) is 43.9 Å². The highest BCUT2D eigenvalue weighted by Gasteiger charge is 2.31. The summed E-state index contributed by atoms with van der Waals surface area (Å²) in [4.78, 5) is 43.4. The summed E-state index contributed by atoms with van der Waals surface area (Å²) >= 11 is 0. The number of aromatic amines is 1. The first kappa shape index (κ1) is 31.3. The third-order valence-electron chi connectivity index (χ3n) is 7.67. The second-order valence-corrected chi connectivity index (χ2v) is 10.8. The van der Waals surface area contributed by atoms with E-state index in [9.17, 15) is 32.8 Å². The van der Waals surface area contributed by atoms with Crippen LogP contribution in [0.5, 0.6) is 11.5 Å². The number of fused-ring (bicyclic) bond motifs is 1. The van der Waals surface area contributed by atoms with Gasteiger partial charge in [0.05, 0.1) is 16.6 Å². The van der Waals surface area contributed by atoms with E-state index in [4.69, 9.17) is 4.74 Å². The molecule has 1 saturated carbocycles. The standard InChI is InChI=1S/C33H30F3N5O4/c34-33(35,36)23-8-12-27(13-9-23)45-28-14-10-25(11-15-28)39-30(43)19-41(26(20-42)18-38-24-6-1-2-7-24)32(44)29-16-21-4-3-5-22(17-37)31(21)40-29/h3-5,8-16,20,24,26,38,40H,1-2,6-7,18-19H2,(H,39,43). The summed E-state index contributed by atoms with van der Waals surface area (Å²) in [6, 6.07) is 18.5. The number of anilines is 1. The zero-order valence-electron chi connectivity index (χ0n) is 24.1. The molecule has 1 heterocycles. The molecule has 1 atom stereocenters. The van der Waals surface area contributed by atoms with E-state index in [0.717, 1.165) is 37.8 Å². The molecule has 0 aliphatic heterocycles. The first-order valence-electron chi connectivity index (χ1n) is 14.4. The number of halogens is 3. The minimum Gasteiger partial charge on any atom is -0.457 e. The average Bonchev–Trinajstić information content (AvgIpc) is 3.71. The molecular weight excluding hydrogens is 587 g/mol. The Morgan fingerprint density at radius 1 is 1.04 bits per heavy atom. The number of alkyl halides is 3. The van der Waals surface area contributed by atoms with Crippen LogP contribution in [-0.4, -0.2) is 53.2 Å². The van der Waals surface area contributed by atoms with Crippen LogP contribution < -0.4 is 15.4 Å². The van der Waals surface area contributed by atoms with E-state index in [-0.39, 0.29) is 24.0 Å². The van der Waals surface area contributed by atoms with Gasteiger partial charge in [-0.05, 0) is 73.5 Å². The van der Waals surface area contributed by atoms with Crippen molar-refractivity contribution < 1.29 is 32.3 Å². The maximum Gasteiger partial charge on any atom is 0.416 e. The summed E-state index contributed by atoms with van der Waals surface area (Å²) in [6.45, 7) is -0.258. The van der Waals surface area contributed by atoms with Crippen LogP contribution >= 0.6 is 0 Å². The predicted octanol–water partition coefficient (Wildman–Crippen LogP) is 6.03. The Bertz CT molecular complexity index is 1710. The van der Waals surface area contributed by atoms with Gasteiger partial charge in [0.15, 0.2) is 0 Å². The number of nitrogens with one attached hydrogen (secondary N) is 3. The molecule has 2 amide bonds. The number of H-pyrrole nitrogens is 1. The SMILES string of the molecule is N#Cc1cccc2cc(C(=O)N(CC(=O)Nc3ccc(Oc4ccc(C(F)(F)F)cc4)cc3)C(C=O)CNC3CCCC3)[nH]c12. The lowest BCUT2D eigenvalue weighted by Gasteiger charge is -2.28. The molecule has 1 unspecified atom stereocenters. The number of carbonyl (C=O) groups is 3. The topological polar surface area (TPSA) is 127 Å². The fraction of sp³-hybridized carbons (Fsp3) is 0.273. The predicted molar refractivity (Wildman–Crippen MR) is 161 cm³/mol. The van der Waals surface area contributed by atoms with Gasteiger partial charge in [0.2, 0.25) is 5.91 Å².